The lowest BCUT2D eigenvalue weighted by molar-refractivity contribution is 0.173. The van der Waals surface area contributed by atoms with Crippen molar-refractivity contribution in [1.29, 1.82) is 0 Å². The van der Waals surface area contributed by atoms with Crippen LogP contribution < -0.4 is 0 Å². The van der Waals surface area contributed by atoms with E-state index in [1.807, 2.05) is 69.2 Å². The van der Waals surface area contributed by atoms with E-state index in [4.69, 9.17) is 15.1 Å². The molecule has 0 N–H and O–H groups in total. The summed E-state index contributed by atoms with van der Waals surface area (Å²) in [4.78, 5) is 0. The molecule has 6 fully saturated rings. The van der Waals surface area contributed by atoms with Crippen molar-refractivity contribution in [2.45, 2.75) is 330 Å². The Bertz CT molecular complexity index is 1200. The Labute approximate surface area is 408 Å². The molecule has 0 heterocycles. The highest BCUT2D eigenvalue weighted by atomic mass is 14.3. The first-order valence-electron chi connectivity index (χ1n) is 32.2. The summed E-state index contributed by atoms with van der Waals surface area (Å²) in [6.45, 7) is 36.9. The van der Waals surface area contributed by atoms with Gasteiger partial charge < -0.3 is 0 Å². The lowest BCUT2D eigenvalue weighted by atomic mass is 9.71. The highest BCUT2D eigenvalue weighted by molar-refractivity contribution is 4.78. The molecule has 0 amide bonds. The summed E-state index contributed by atoms with van der Waals surface area (Å²) in [5.41, 5.74) is 0.271. The van der Waals surface area contributed by atoms with Crippen LogP contribution in [0.3, 0.4) is 0 Å². The molecule has 0 aromatic rings. The Morgan fingerprint density at radius 1 is 0.443 bits per heavy atom. The van der Waals surface area contributed by atoms with Crippen LogP contribution in [0.1, 0.15) is 345 Å². The van der Waals surface area contributed by atoms with Crippen molar-refractivity contribution >= 4 is 0 Å². The topological polar surface area (TPSA) is 0 Å². The van der Waals surface area contributed by atoms with Gasteiger partial charge in [-0.2, -0.15) is 0 Å². The molecule has 0 saturated heterocycles. The molecule has 0 nitrogen and oxygen atoms in total. The van der Waals surface area contributed by atoms with Crippen LogP contribution in [0.15, 0.2) is 0 Å². The predicted molar refractivity (Wildman–Crippen MR) is 287 cm³/mol. The van der Waals surface area contributed by atoms with Crippen LogP contribution in [0.2, 0.25) is 0 Å². The SMILES string of the molecule is CC(C)(C)C.CC1CCC(C2CCCCC2)CC1.[2H]C(C)(C)C.[2H]C([2H])(C)C(C)(C)C.[2H]C([2H])(C)C(C)C.[2H]C([2H])(C)C1CCCC1.[2H]C([2H])(C)C1CCCCC1.[2H]C1(C)CCCC1.[2H]C1(C)CCCCC1. The van der Waals surface area contributed by atoms with E-state index in [1.165, 1.54) is 96.3 Å². The maximum atomic E-state index is 7.63. The van der Waals surface area contributed by atoms with Gasteiger partial charge in [-0.1, -0.05) is 318 Å². The van der Waals surface area contributed by atoms with E-state index in [9.17, 15) is 0 Å². The van der Waals surface area contributed by atoms with Gasteiger partial charge >= 0.3 is 0 Å². The van der Waals surface area contributed by atoms with Gasteiger partial charge in [-0.15, -0.1) is 0 Å². The van der Waals surface area contributed by atoms with E-state index in [1.54, 1.807) is 53.4 Å². The van der Waals surface area contributed by atoms with Crippen molar-refractivity contribution in [3.05, 3.63) is 0 Å². The first kappa shape index (κ1) is 46.1. The molecule has 6 aliphatic rings. The minimum absolute atomic E-state index is 0.0556. The molecule has 0 heteroatoms. The first-order valence-corrected chi connectivity index (χ1v) is 26.7. The van der Waals surface area contributed by atoms with Gasteiger partial charge in [0, 0.05) is 15.1 Å². The maximum Gasteiger partial charge on any atom is 0.0300 e. The van der Waals surface area contributed by atoms with Crippen molar-refractivity contribution in [3.63, 3.8) is 0 Å². The highest BCUT2D eigenvalue weighted by Crippen LogP contribution is 2.39. The zero-order chi connectivity index (χ0) is 57.1. The molecular formula is C61H128. The largest absolute Gasteiger partial charge is 0.0651 e. The molecule has 0 atom stereocenters. The lowest BCUT2D eigenvalue weighted by Crippen LogP contribution is -2.22. The van der Waals surface area contributed by atoms with Crippen molar-refractivity contribution < 1.29 is 15.1 Å². The second kappa shape index (κ2) is 42.6. The molecule has 0 aliphatic heterocycles. The summed E-state index contributed by atoms with van der Waals surface area (Å²) in [5.74, 6) is 3.71. The van der Waals surface area contributed by atoms with Crippen LogP contribution in [0.25, 0.3) is 0 Å². The van der Waals surface area contributed by atoms with Gasteiger partial charge in [0.2, 0.25) is 0 Å². The Morgan fingerprint density at radius 2 is 0.672 bits per heavy atom. The smallest absolute Gasteiger partial charge is 0.0300 e. The van der Waals surface area contributed by atoms with E-state index in [-0.39, 0.29) is 29.0 Å². The van der Waals surface area contributed by atoms with Crippen LogP contribution in [0.5, 0.6) is 0 Å². The molecule has 0 spiro atoms. The molecule has 0 aromatic carbocycles. The number of hydrogen-bond donors (Lipinski definition) is 0. The van der Waals surface area contributed by atoms with Gasteiger partial charge in [-0.3, -0.25) is 0 Å². The molecule has 0 unspecified atom stereocenters. The number of hydrogen-bond acceptors (Lipinski definition) is 0. The zero-order valence-corrected chi connectivity index (χ0v) is 46.1. The van der Waals surface area contributed by atoms with Crippen molar-refractivity contribution in [3.8, 4) is 0 Å². The fraction of sp³-hybridized carbons (Fsp3) is 1.00. The highest BCUT2D eigenvalue weighted by Gasteiger charge is 2.26. The lowest BCUT2D eigenvalue weighted by Gasteiger charge is -2.34. The summed E-state index contributed by atoms with van der Waals surface area (Å²) < 4.78 is 80.4. The molecule has 372 valence electrons. The van der Waals surface area contributed by atoms with E-state index < -0.39 is 25.5 Å². The summed E-state index contributed by atoms with van der Waals surface area (Å²) in [6, 6.07) is 0. The Balaban J connectivity index is -0.000000756. The van der Waals surface area contributed by atoms with Crippen LogP contribution in [-0.2, 0) is 0 Å². The fourth-order valence-electron chi connectivity index (χ4n) is 8.10. The molecule has 0 bridgehead atoms. The standard InChI is InChI=1S/C13H24.C8H16.2C7H14.C6H12.C6H14.2C5H12.C4H10/c1-11-7-9-13(10-8-11)12-5-3-2-4-6-12;1-2-8-6-4-3-5-7-8;1-7-5-3-2-4-6-7;1-2-7-5-3-4-6-7;1-6-4-2-3-5-6;1-5-6(2,3)4;1-5(2,3)4;1-4-5(2)3;1-4(2)3/h11-13H,2-10H2,1H3;8H,2-7H2,1H3;2*7H,2-6H2,1H3;6H,2-5H2,1H3;5H2,1-4H3;1-4H3;5H,4H2,1-3H3;4H,1-3H3/i;2D2;7D;2D2;6D;5D2;;4D2;4D. The second-order valence-corrected chi connectivity index (χ2v) is 23.4. The van der Waals surface area contributed by atoms with E-state index in [0.29, 0.717) is 17.3 Å². The van der Waals surface area contributed by atoms with Gasteiger partial charge in [0.15, 0.2) is 0 Å². The first-order chi connectivity index (χ1) is 32.2. The Morgan fingerprint density at radius 3 is 0.885 bits per heavy atom. The van der Waals surface area contributed by atoms with Crippen LogP contribution in [0, 0.1) is 64.0 Å². The fourth-order valence-corrected chi connectivity index (χ4v) is 8.10. The van der Waals surface area contributed by atoms with Crippen LogP contribution in [0.4, 0.5) is 0 Å². The molecule has 0 radical (unpaired) electrons. The Hall–Kier alpha value is 0. The van der Waals surface area contributed by atoms with Gasteiger partial charge in [-0.25, -0.2) is 0 Å². The second-order valence-electron chi connectivity index (χ2n) is 23.4. The molecule has 61 heavy (non-hydrogen) atoms. The molecule has 6 rings (SSSR count). The third-order valence-corrected chi connectivity index (χ3v) is 12.6. The van der Waals surface area contributed by atoms with Crippen molar-refractivity contribution in [1.82, 2.24) is 0 Å². The number of rotatable bonds is 4. The monoisotopic (exact) mass is 872 g/mol. The van der Waals surface area contributed by atoms with E-state index in [2.05, 4.69) is 34.6 Å². The minimum atomic E-state index is -1.06. The molecule has 6 saturated carbocycles. The molecule has 6 aliphatic carbocycles. The summed E-state index contributed by atoms with van der Waals surface area (Å²) in [5, 5.41) is 0. The summed E-state index contributed by atoms with van der Waals surface area (Å²) >= 11 is 0. The van der Waals surface area contributed by atoms with Gasteiger partial charge in [0.25, 0.3) is 0 Å². The van der Waals surface area contributed by atoms with E-state index in [0.717, 1.165) is 69.1 Å². The third kappa shape index (κ3) is 54.2. The van der Waals surface area contributed by atoms with Crippen LogP contribution >= 0.6 is 0 Å². The van der Waals surface area contributed by atoms with Crippen LogP contribution in [-0.4, -0.2) is 0 Å². The summed E-state index contributed by atoms with van der Waals surface area (Å²) in [7, 11) is 0. The van der Waals surface area contributed by atoms with Gasteiger partial charge in [0.1, 0.15) is 0 Å². The molecule has 0 aromatic heterocycles. The maximum absolute atomic E-state index is 7.63. The van der Waals surface area contributed by atoms with Crippen molar-refractivity contribution in [2.24, 2.45) is 64.0 Å². The predicted octanol–water partition coefficient (Wildman–Crippen LogP) is 22.9. The summed E-state index contributed by atoms with van der Waals surface area (Å²) in [6.07, 6.45) is 31.5. The Kier molecular flexibility index (Phi) is 32.2. The average molecular weight is 873 g/mol. The van der Waals surface area contributed by atoms with Gasteiger partial charge in [0.05, 0.1) is 0 Å². The van der Waals surface area contributed by atoms with Crippen molar-refractivity contribution in [2.75, 3.05) is 0 Å². The average Bonchev–Trinajstić information content (AvgIpc) is 3.90. The van der Waals surface area contributed by atoms with Gasteiger partial charge in [-0.05, 0) is 76.9 Å². The third-order valence-electron chi connectivity index (χ3n) is 12.6. The quantitative estimate of drug-likeness (QED) is 0.264. The molecular weight excluding hydrogens is 733 g/mol. The zero-order valence-electron chi connectivity index (χ0n) is 57.1. The van der Waals surface area contributed by atoms with E-state index >= 15 is 0 Å². The normalized spacial score (nSPS) is 27.6. The minimum Gasteiger partial charge on any atom is -0.0651 e.